The number of benzene rings is 1. The molecule has 0 spiro atoms. The molecule has 2 unspecified atom stereocenters. The number of carbonyl (C=O) groups excluding carboxylic acids is 1. The molecule has 0 amide bonds. The van der Waals surface area contributed by atoms with Gasteiger partial charge in [-0.2, -0.15) is 0 Å². The zero-order valence-corrected chi connectivity index (χ0v) is 9.18. The first-order valence-corrected chi connectivity index (χ1v) is 5.24. The fourth-order valence-electron chi connectivity index (χ4n) is 1.83. The quantitative estimate of drug-likeness (QED) is 0.769. The number of hydrogen-bond donors (Lipinski definition) is 1. The number of ether oxygens (including phenoxy) is 2. The Morgan fingerprint density at radius 1 is 1.50 bits per heavy atom. The summed E-state index contributed by atoms with van der Waals surface area (Å²) < 4.78 is 10.3. The molecule has 0 aliphatic carbocycles. The van der Waals surface area contributed by atoms with E-state index in [0.29, 0.717) is 24.5 Å². The molecule has 1 aromatic rings. The molecule has 1 aromatic carbocycles. The van der Waals surface area contributed by atoms with E-state index in [4.69, 9.17) is 15.2 Å². The zero-order valence-electron chi connectivity index (χ0n) is 9.18. The molecule has 2 rings (SSSR count). The zero-order chi connectivity index (χ0) is 11.5. The maximum Gasteiger partial charge on any atom is 0.170 e. The van der Waals surface area contributed by atoms with E-state index in [1.165, 1.54) is 0 Å². The monoisotopic (exact) mass is 221 g/mol. The van der Waals surface area contributed by atoms with Crippen LogP contribution < -0.4 is 10.5 Å². The van der Waals surface area contributed by atoms with Gasteiger partial charge in [-0.15, -0.1) is 0 Å². The summed E-state index contributed by atoms with van der Waals surface area (Å²) in [5.41, 5.74) is 6.44. The highest BCUT2D eigenvalue weighted by Crippen LogP contribution is 2.20. The van der Waals surface area contributed by atoms with Crippen molar-refractivity contribution in [2.45, 2.75) is 6.04 Å². The standard InChI is InChI=1S/C12H15NO3/c1-15-9-4-2-3-8(5-9)12(14)10-6-16-7-11(10)13/h2-5,10-11H,6-7,13H2,1H3. The molecule has 2 N–H and O–H groups in total. The van der Waals surface area contributed by atoms with Crippen LogP contribution in [0.2, 0.25) is 0 Å². The lowest BCUT2D eigenvalue weighted by molar-refractivity contribution is 0.0895. The molecular formula is C12H15NO3. The van der Waals surface area contributed by atoms with Crippen molar-refractivity contribution in [2.24, 2.45) is 11.7 Å². The van der Waals surface area contributed by atoms with E-state index in [2.05, 4.69) is 0 Å². The van der Waals surface area contributed by atoms with Gasteiger partial charge in [0.05, 0.1) is 26.2 Å². The van der Waals surface area contributed by atoms with Crippen molar-refractivity contribution in [1.82, 2.24) is 0 Å². The minimum absolute atomic E-state index is 0.0314. The van der Waals surface area contributed by atoms with Gasteiger partial charge in [-0.3, -0.25) is 4.79 Å². The van der Waals surface area contributed by atoms with E-state index in [1.54, 1.807) is 25.3 Å². The summed E-state index contributed by atoms with van der Waals surface area (Å²) in [5, 5.41) is 0. The molecule has 2 atom stereocenters. The molecule has 1 fully saturated rings. The Kier molecular flexibility index (Phi) is 3.22. The minimum atomic E-state index is -0.230. The molecule has 1 heterocycles. The van der Waals surface area contributed by atoms with Gasteiger partial charge >= 0.3 is 0 Å². The average Bonchev–Trinajstić information content (AvgIpc) is 2.74. The Bertz CT molecular complexity index is 392. The molecule has 1 aliphatic rings. The van der Waals surface area contributed by atoms with Crippen LogP contribution in [-0.4, -0.2) is 32.1 Å². The Labute approximate surface area is 94.3 Å². The fourth-order valence-corrected chi connectivity index (χ4v) is 1.83. The Morgan fingerprint density at radius 3 is 2.94 bits per heavy atom. The maximum atomic E-state index is 12.1. The molecule has 4 heteroatoms. The molecule has 0 aromatic heterocycles. The van der Waals surface area contributed by atoms with Gasteiger partial charge in [-0.1, -0.05) is 12.1 Å². The van der Waals surface area contributed by atoms with Crippen molar-refractivity contribution in [3.05, 3.63) is 29.8 Å². The third kappa shape index (κ3) is 2.08. The van der Waals surface area contributed by atoms with E-state index in [-0.39, 0.29) is 17.7 Å². The van der Waals surface area contributed by atoms with Crippen molar-refractivity contribution in [3.8, 4) is 5.75 Å². The van der Waals surface area contributed by atoms with Crippen LogP contribution in [0.5, 0.6) is 5.75 Å². The normalized spacial score (nSPS) is 24.4. The number of nitrogens with two attached hydrogens (primary N) is 1. The molecule has 16 heavy (non-hydrogen) atoms. The second kappa shape index (κ2) is 4.63. The largest absolute Gasteiger partial charge is 0.497 e. The van der Waals surface area contributed by atoms with Crippen LogP contribution in [-0.2, 0) is 4.74 Å². The summed E-state index contributed by atoms with van der Waals surface area (Å²) in [4.78, 5) is 12.1. The van der Waals surface area contributed by atoms with Crippen LogP contribution in [0, 0.1) is 5.92 Å². The number of hydrogen-bond acceptors (Lipinski definition) is 4. The van der Waals surface area contributed by atoms with Crippen LogP contribution in [0.25, 0.3) is 0 Å². The van der Waals surface area contributed by atoms with E-state index < -0.39 is 0 Å². The van der Waals surface area contributed by atoms with Crippen molar-refractivity contribution in [3.63, 3.8) is 0 Å². The summed E-state index contributed by atoms with van der Waals surface area (Å²) in [5.74, 6) is 0.481. The number of carbonyl (C=O) groups is 1. The predicted molar refractivity (Wildman–Crippen MR) is 59.6 cm³/mol. The second-order valence-electron chi connectivity index (χ2n) is 3.90. The van der Waals surface area contributed by atoms with Crippen molar-refractivity contribution < 1.29 is 14.3 Å². The van der Waals surface area contributed by atoms with Gasteiger partial charge < -0.3 is 15.2 Å². The van der Waals surface area contributed by atoms with Gasteiger partial charge in [-0.05, 0) is 12.1 Å². The molecule has 1 aliphatic heterocycles. The molecule has 4 nitrogen and oxygen atoms in total. The van der Waals surface area contributed by atoms with E-state index in [9.17, 15) is 4.79 Å². The first kappa shape index (κ1) is 11.1. The van der Waals surface area contributed by atoms with E-state index >= 15 is 0 Å². The Morgan fingerprint density at radius 2 is 2.31 bits per heavy atom. The number of rotatable bonds is 3. The molecule has 0 bridgehead atoms. The minimum Gasteiger partial charge on any atom is -0.497 e. The highest BCUT2D eigenvalue weighted by atomic mass is 16.5. The molecule has 1 saturated heterocycles. The number of methoxy groups -OCH3 is 1. The Hall–Kier alpha value is -1.39. The lowest BCUT2D eigenvalue weighted by atomic mass is 9.94. The van der Waals surface area contributed by atoms with Crippen molar-refractivity contribution in [2.75, 3.05) is 20.3 Å². The Balaban J connectivity index is 2.19. The molecule has 0 radical (unpaired) electrons. The first-order valence-electron chi connectivity index (χ1n) is 5.24. The van der Waals surface area contributed by atoms with Gasteiger partial charge in [-0.25, -0.2) is 0 Å². The van der Waals surface area contributed by atoms with Crippen LogP contribution in [0.15, 0.2) is 24.3 Å². The lowest BCUT2D eigenvalue weighted by Gasteiger charge is -2.12. The third-order valence-electron chi connectivity index (χ3n) is 2.82. The SMILES string of the molecule is COc1cccc(C(=O)C2COCC2N)c1. The summed E-state index contributed by atoms with van der Waals surface area (Å²) in [7, 11) is 1.58. The lowest BCUT2D eigenvalue weighted by Crippen LogP contribution is -2.34. The van der Waals surface area contributed by atoms with Crippen LogP contribution >= 0.6 is 0 Å². The highest BCUT2D eigenvalue weighted by Gasteiger charge is 2.31. The molecular weight excluding hydrogens is 206 g/mol. The summed E-state index contributed by atoms with van der Waals surface area (Å²) >= 11 is 0. The molecule has 0 saturated carbocycles. The number of ketones is 1. The van der Waals surface area contributed by atoms with Gasteiger partial charge in [0.25, 0.3) is 0 Å². The van der Waals surface area contributed by atoms with Crippen LogP contribution in [0.4, 0.5) is 0 Å². The second-order valence-corrected chi connectivity index (χ2v) is 3.90. The fraction of sp³-hybridized carbons (Fsp3) is 0.417. The van der Waals surface area contributed by atoms with Crippen LogP contribution in [0.1, 0.15) is 10.4 Å². The predicted octanol–water partition coefficient (Wildman–Crippen LogP) is 0.852. The van der Waals surface area contributed by atoms with Gasteiger partial charge in [0.15, 0.2) is 5.78 Å². The first-order chi connectivity index (χ1) is 7.72. The summed E-state index contributed by atoms with van der Waals surface area (Å²) in [6.07, 6.45) is 0. The van der Waals surface area contributed by atoms with Crippen LogP contribution in [0.3, 0.4) is 0 Å². The summed E-state index contributed by atoms with van der Waals surface area (Å²) in [6.45, 7) is 0.873. The van der Waals surface area contributed by atoms with Crippen molar-refractivity contribution >= 4 is 5.78 Å². The van der Waals surface area contributed by atoms with E-state index in [0.717, 1.165) is 0 Å². The summed E-state index contributed by atoms with van der Waals surface area (Å²) in [6, 6.07) is 6.91. The van der Waals surface area contributed by atoms with E-state index in [1.807, 2.05) is 6.07 Å². The topological polar surface area (TPSA) is 61.5 Å². The third-order valence-corrected chi connectivity index (χ3v) is 2.82. The smallest absolute Gasteiger partial charge is 0.170 e. The molecule has 86 valence electrons. The highest BCUT2D eigenvalue weighted by molar-refractivity contribution is 5.98. The van der Waals surface area contributed by atoms with Crippen molar-refractivity contribution in [1.29, 1.82) is 0 Å². The van der Waals surface area contributed by atoms with Gasteiger partial charge in [0, 0.05) is 11.6 Å². The van der Waals surface area contributed by atoms with Gasteiger partial charge in [0.1, 0.15) is 5.75 Å². The number of Topliss-reactive ketones (excluding diaryl/α,β-unsaturated/α-hetero) is 1. The maximum absolute atomic E-state index is 12.1. The average molecular weight is 221 g/mol. The van der Waals surface area contributed by atoms with Gasteiger partial charge in [0.2, 0.25) is 0 Å².